The van der Waals surface area contributed by atoms with E-state index in [1.54, 1.807) is 7.11 Å². The van der Waals surface area contributed by atoms with Gasteiger partial charge in [0.1, 0.15) is 5.75 Å². The van der Waals surface area contributed by atoms with Gasteiger partial charge in [-0.2, -0.15) is 0 Å². The number of hydrogen-bond donors (Lipinski definition) is 1. The first-order valence-corrected chi connectivity index (χ1v) is 6.99. The van der Waals surface area contributed by atoms with Crippen molar-refractivity contribution in [3.05, 3.63) is 29.8 Å². The Kier molecular flexibility index (Phi) is 5.63. The predicted molar refractivity (Wildman–Crippen MR) is 76.3 cm³/mol. The molecule has 4 heteroatoms. The van der Waals surface area contributed by atoms with Crippen molar-refractivity contribution in [3.8, 4) is 5.75 Å². The van der Waals surface area contributed by atoms with Crippen molar-refractivity contribution in [2.24, 2.45) is 5.73 Å². The van der Waals surface area contributed by atoms with Crippen LogP contribution >= 0.6 is 0 Å². The molecule has 1 aliphatic heterocycles. The van der Waals surface area contributed by atoms with Gasteiger partial charge in [0.25, 0.3) is 0 Å². The lowest BCUT2D eigenvalue weighted by Crippen LogP contribution is -2.35. The molecule has 0 bridgehead atoms. The van der Waals surface area contributed by atoms with Crippen LogP contribution in [-0.4, -0.2) is 44.4 Å². The average molecular weight is 264 g/mol. The highest BCUT2D eigenvalue weighted by Crippen LogP contribution is 2.20. The largest absolute Gasteiger partial charge is 0.496 e. The lowest BCUT2D eigenvalue weighted by atomic mass is 10.1. The molecule has 0 amide bonds. The fraction of sp³-hybridized carbons (Fsp3) is 0.600. The molecule has 2 rings (SSSR count). The molecular weight excluding hydrogens is 240 g/mol. The van der Waals surface area contributed by atoms with E-state index in [-0.39, 0.29) is 0 Å². The number of nitrogens with zero attached hydrogens (tertiary/aromatic N) is 1. The van der Waals surface area contributed by atoms with Crippen molar-refractivity contribution in [2.75, 3.05) is 33.4 Å². The fourth-order valence-corrected chi connectivity index (χ4v) is 2.57. The second-order valence-electron chi connectivity index (χ2n) is 4.97. The Morgan fingerprint density at radius 3 is 2.95 bits per heavy atom. The highest BCUT2D eigenvalue weighted by Gasteiger charge is 2.19. The van der Waals surface area contributed by atoms with Gasteiger partial charge in [-0.3, -0.25) is 4.90 Å². The maximum Gasteiger partial charge on any atom is 0.123 e. The summed E-state index contributed by atoms with van der Waals surface area (Å²) in [6.07, 6.45) is 2.70. The Balaban J connectivity index is 1.98. The Bertz CT molecular complexity index is 378. The van der Waals surface area contributed by atoms with Crippen molar-refractivity contribution in [1.29, 1.82) is 0 Å². The molecule has 0 saturated carbocycles. The van der Waals surface area contributed by atoms with Crippen molar-refractivity contribution in [2.45, 2.75) is 25.5 Å². The number of benzene rings is 1. The van der Waals surface area contributed by atoms with Crippen LogP contribution < -0.4 is 10.5 Å². The van der Waals surface area contributed by atoms with Crippen molar-refractivity contribution >= 4 is 0 Å². The highest BCUT2D eigenvalue weighted by molar-refractivity contribution is 5.33. The summed E-state index contributed by atoms with van der Waals surface area (Å²) in [4.78, 5) is 2.36. The van der Waals surface area contributed by atoms with Crippen LogP contribution in [0.5, 0.6) is 5.75 Å². The number of hydrogen-bond acceptors (Lipinski definition) is 4. The zero-order chi connectivity index (χ0) is 13.5. The lowest BCUT2D eigenvalue weighted by Gasteiger charge is -2.25. The van der Waals surface area contributed by atoms with E-state index in [0.717, 1.165) is 38.4 Å². The smallest absolute Gasteiger partial charge is 0.123 e. The van der Waals surface area contributed by atoms with Crippen molar-refractivity contribution < 1.29 is 9.47 Å². The molecule has 106 valence electrons. The van der Waals surface area contributed by atoms with Crippen LogP contribution in [0, 0.1) is 0 Å². The first-order chi connectivity index (χ1) is 9.33. The van der Waals surface area contributed by atoms with Crippen LogP contribution in [0.3, 0.4) is 0 Å². The van der Waals surface area contributed by atoms with E-state index in [2.05, 4.69) is 11.0 Å². The molecule has 1 saturated heterocycles. The fourth-order valence-electron chi connectivity index (χ4n) is 2.57. The maximum atomic E-state index is 5.71. The van der Waals surface area contributed by atoms with Gasteiger partial charge in [0.05, 0.1) is 13.2 Å². The molecule has 1 atom stereocenters. The van der Waals surface area contributed by atoms with Gasteiger partial charge in [0.2, 0.25) is 0 Å². The Hall–Kier alpha value is -1.10. The predicted octanol–water partition coefficient (Wildman–Crippen LogP) is 1.63. The summed E-state index contributed by atoms with van der Waals surface area (Å²) in [7, 11) is 1.71. The van der Waals surface area contributed by atoms with Gasteiger partial charge >= 0.3 is 0 Å². The summed E-state index contributed by atoms with van der Waals surface area (Å²) in [5.74, 6) is 0.942. The van der Waals surface area contributed by atoms with Crippen LogP contribution in [0.25, 0.3) is 0 Å². The summed E-state index contributed by atoms with van der Waals surface area (Å²) < 4.78 is 11.1. The normalized spacial score (nSPS) is 19.0. The van der Waals surface area contributed by atoms with Gasteiger partial charge in [-0.25, -0.2) is 0 Å². The third-order valence-corrected chi connectivity index (χ3v) is 3.52. The number of methoxy groups -OCH3 is 1. The van der Waals surface area contributed by atoms with Gasteiger partial charge < -0.3 is 15.2 Å². The zero-order valence-electron chi connectivity index (χ0n) is 11.7. The molecule has 1 aromatic carbocycles. The molecule has 0 spiro atoms. The van der Waals surface area contributed by atoms with Crippen LogP contribution in [-0.2, 0) is 11.3 Å². The average Bonchev–Trinajstić information content (AvgIpc) is 2.92. The second-order valence-corrected chi connectivity index (χ2v) is 4.97. The molecule has 1 aliphatic rings. The second kappa shape index (κ2) is 7.48. The highest BCUT2D eigenvalue weighted by atomic mass is 16.5. The van der Waals surface area contributed by atoms with E-state index in [4.69, 9.17) is 15.2 Å². The molecule has 1 heterocycles. The molecule has 1 aromatic rings. The van der Waals surface area contributed by atoms with Gasteiger partial charge in [-0.05, 0) is 18.9 Å². The molecule has 0 radical (unpaired) electrons. The SMILES string of the molecule is COc1ccccc1CN(CCN)CC1CCCO1. The van der Waals surface area contributed by atoms with Gasteiger partial charge in [0, 0.05) is 38.3 Å². The minimum atomic E-state index is 0.362. The number of para-hydroxylation sites is 1. The Labute approximate surface area is 115 Å². The summed E-state index contributed by atoms with van der Waals surface area (Å²) in [5, 5.41) is 0. The van der Waals surface area contributed by atoms with Crippen LogP contribution in [0.1, 0.15) is 18.4 Å². The monoisotopic (exact) mass is 264 g/mol. The number of nitrogens with two attached hydrogens (primary N) is 1. The molecule has 0 aromatic heterocycles. The molecule has 1 fully saturated rings. The summed E-state index contributed by atoms with van der Waals surface area (Å²) in [6, 6.07) is 8.15. The van der Waals surface area contributed by atoms with Crippen molar-refractivity contribution in [3.63, 3.8) is 0 Å². The first-order valence-electron chi connectivity index (χ1n) is 6.99. The van der Waals surface area contributed by atoms with Gasteiger partial charge in [-0.15, -0.1) is 0 Å². The van der Waals surface area contributed by atoms with Gasteiger partial charge in [0.15, 0.2) is 0 Å². The first kappa shape index (κ1) is 14.3. The maximum absolute atomic E-state index is 5.71. The minimum absolute atomic E-state index is 0.362. The standard InChI is InChI=1S/C15H24N2O2/c1-18-15-7-3-2-5-13(15)11-17(9-8-16)12-14-6-4-10-19-14/h2-3,5,7,14H,4,6,8-12,16H2,1H3. The van der Waals surface area contributed by atoms with Crippen LogP contribution in [0.15, 0.2) is 24.3 Å². The van der Waals surface area contributed by atoms with E-state index in [1.165, 1.54) is 12.0 Å². The van der Waals surface area contributed by atoms with Gasteiger partial charge in [-0.1, -0.05) is 18.2 Å². The Morgan fingerprint density at radius 1 is 1.42 bits per heavy atom. The molecular formula is C15H24N2O2. The number of ether oxygens (including phenoxy) is 2. The molecule has 1 unspecified atom stereocenters. The number of rotatable bonds is 7. The lowest BCUT2D eigenvalue weighted by molar-refractivity contribution is 0.0714. The topological polar surface area (TPSA) is 47.7 Å². The molecule has 2 N–H and O–H groups in total. The van der Waals surface area contributed by atoms with E-state index in [9.17, 15) is 0 Å². The molecule has 4 nitrogen and oxygen atoms in total. The van der Waals surface area contributed by atoms with E-state index >= 15 is 0 Å². The quantitative estimate of drug-likeness (QED) is 0.813. The molecule has 19 heavy (non-hydrogen) atoms. The van der Waals surface area contributed by atoms with Crippen LogP contribution in [0.4, 0.5) is 0 Å². The Morgan fingerprint density at radius 2 is 2.26 bits per heavy atom. The summed E-state index contributed by atoms with van der Waals surface area (Å²) in [5.41, 5.74) is 6.92. The summed E-state index contributed by atoms with van der Waals surface area (Å²) >= 11 is 0. The molecule has 0 aliphatic carbocycles. The van der Waals surface area contributed by atoms with E-state index in [0.29, 0.717) is 12.6 Å². The van der Waals surface area contributed by atoms with Crippen LogP contribution in [0.2, 0.25) is 0 Å². The third-order valence-electron chi connectivity index (χ3n) is 3.52. The summed E-state index contributed by atoms with van der Waals surface area (Å²) in [6.45, 7) is 4.27. The van der Waals surface area contributed by atoms with E-state index < -0.39 is 0 Å². The zero-order valence-corrected chi connectivity index (χ0v) is 11.7. The third kappa shape index (κ3) is 4.20. The van der Waals surface area contributed by atoms with Crippen molar-refractivity contribution in [1.82, 2.24) is 4.90 Å². The minimum Gasteiger partial charge on any atom is -0.496 e. The van der Waals surface area contributed by atoms with E-state index in [1.807, 2.05) is 18.2 Å².